The molecule has 0 spiro atoms. The van der Waals surface area contributed by atoms with Gasteiger partial charge in [-0.15, -0.1) is 0 Å². The minimum atomic E-state index is -3.51. The summed E-state index contributed by atoms with van der Waals surface area (Å²) in [6.45, 7) is 0.447. The SMILES string of the molecule is Nc1cc(S(=O)(=O)NCC2CSCCS2)ccc1Cl. The van der Waals surface area contributed by atoms with Gasteiger partial charge in [-0.2, -0.15) is 23.5 Å². The molecule has 4 nitrogen and oxygen atoms in total. The van der Waals surface area contributed by atoms with Gasteiger partial charge in [0.2, 0.25) is 10.0 Å². The summed E-state index contributed by atoms with van der Waals surface area (Å²) in [4.78, 5) is 0.155. The van der Waals surface area contributed by atoms with Crippen molar-refractivity contribution in [2.45, 2.75) is 10.1 Å². The highest BCUT2D eigenvalue weighted by molar-refractivity contribution is 8.06. The Hall–Kier alpha value is -0.0800. The number of nitrogens with two attached hydrogens (primary N) is 1. The van der Waals surface area contributed by atoms with Crippen LogP contribution in [-0.2, 0) is 10.0 Å². The summed E-state index contributed by atoms with van der Waals surface area (Å²) < 4.78 is 26.9. The van der Waals surface area contributed by atoms with Crippen LogP contribution < -0.4 is 10.5 Å². The molecular weight excluding hydrogens is 324 g/mol. The lowest BCUT2D eigenvalue weighted by Gasteiger charge is -2.21. The smallest absolute Gasteiger partial charge is 0.240 e. The quantitative estimate of drug-likeness (QED) is 0.822. The molecule has 8 heteroatoms. The van der Waals surface area contributed by atoms with Crippen molar-refractivity contribution < 1.29 is 8.42 Å². The molecule has 0 radical (unpaired) electrons. The predicted octanol–water partition coefficient (Wildman–Crippen LogP) is 2.05. The van der Waals surface area contributed by atoms with E-state index in [1.165, 1.54) is 18.2 Å². The monoisotopic (exact) mass is 338 g/mol. The zero-order valence-corrected chi connectivity index (χ0v) is 13.3. The zero-order chi connectivity index (χ0) is 13.9. The molecule has 1 atom stereocenters. The van der Waals surface area contributed by atoms with Gasteiger partial charge in [-0.3, -0.25) is 0 Å². The van der Waals surface area contributed by atoms with E-state index in [2.05, 4.69) is 4.72 Å². The number of hydrogen-bond acceptors (Lipinski definition) is 5. The summed E-state index contributed by atoms with van der Waals surface area (Å²) in [7, 11) is -3.51. The number of nitrogens with one attached hydrogen (secondary N) is 1. The van der Waals surface area contributed by atoms with Crippen LogP contribution in [0.5, 0.6) is 0 Å². The van der Waals surface area contributed by atoms with Crippen molar-refractivity contribution in [3.05, 3.63) is 23.2 Å². The Morgan fingerprint density at radius 2 is 2.21 bits per heavy atom. The van der Waals surface area contributed by atoms with Crippen molar-refractivity contribution >= 4 is 50.8 Å². The maximum absolute atomic E-state index is 12.1. The third-order valence-corrected chi connectivity index (χ3v) is 7.27. The Bertz CT molecular complexity index is 545. The van der Waals surface area contributed by atoms with Crippen molar-refractivity contribution in [3.63, 3.8) is 0 Å². The number of thioether (sulfide) groups is 2. The van der Waals surface area contributed by atoms with Gasteiger partial charge in [0.05, 0.1) is 15.6 Å². The van der Waals surface area contributed by atoms with Gasteiger partial charge >= 0.3 is 0 Å². The Kier molecular flexibility index (Phi) is 5.30. The molecule has 0 bridgehead atoms. The maximum Gasteiger partial charge on any atom is 0.240 e. The second-order valence-electron chi connectivity index (χ2n) is 4.10. The highest BCUT2D eigenvalue weighted by atomic mass is 35.5. The fourth-order valence-corrected chi connectivity index (χ4v) is 5.58. The summed E-state index contributed by atoms with van der Waals surface area (Å²) in [5.74, 6) is 3.20. The highest BCUT2D eigenvalue weighted by Crippen LogP contribution is 2.25. The standard InChI is InChI=1S/C11H15ClN2O2S3/c12-10-2-1-9(5-11(10)13)19(15,16)14-6-8-7-17-3-4-18-8/h1-2,5,8,14H,3-4,6-7,13H2. The van der Waals surface area contributed by atoms with Crippen molar-refractivity contribution in [2.24, 2.45) is 0 Å². The molecule has 1 aromatic carbocycles. The van der Waals surface area contributed by atoms with Gasteiger partial charge in [-0.1, -0.05) is 11.6 Å². The summed E-state index contributed by atoms with van der Waals surface area (Å²) in [6.07, 6.45) is 0. The predicted molar refractivity (Wildman–Crippen MR) is 84.6 cm³/mol. The average molecular weight is 339 g/mol. The van der Waals surface area contributed by atoms with E-state index < -0.39 is 10.0 Å². The zero-order valence-electron chi connectivity index (χ0n) is 10.1. The molecule has 0 aromatic heterocycles. The number of nitrogen functional groups attached to an aromatic ring is 1. The minimum absolute atomic E-state index is 0.155. The molecule has 0 aliphatic carbocycles. The summed E-state index contributed by atoms with van der Waals surface area (Å²) in [5.41, 5.74) is 5.90. The molecule has 1 aromatic rings. The lowest BCUT2D eigenvalue weighted by atomic mass is 10.3. The number of sulfonamides is 1. The van der Waals surface area contributed by atoms with Crippen molar-refractivity contribution in [1.29, 1.82) is 0 Å². The van der Waals surface area contributed by atoms with Crippen molar-refractivity contribution in [3.8, 4) is 0 Å². The number of rotatable bonds is 4. The van der Waals surface area contributed by atoms with Crippen LogP contribution in [0.25, 0.3) is 0 Å². The van der Waals surface area contributed by atoms with Crippen LogP contribution in [0.4, 0.5) is 5.69 Å². The Morgan fingerprint density at radius 1 is 1.42 bits per heavy atom. The molecule has 1 aliphatic rings. The number of halogens is 1. The van der Waals surface area contributed by atoms with Crippen LogP contribution in [-0.4, -0.2) is 37.5 Å². The third-order valence-electron chi connectivity index (χ3n) is 2.66. The van der Waals surface area contributed by atoms with Crippen LogP contribution in [0.2, 0.25) is 5.02 Å². The fourth-order valence-electron chi connectivity index (χ4n) is 1.63. The second-order valence-corrected chi connectivity index (χ2v) is 8.84. The fraction of sp³-hybridized carbons (Fsp3) is 0.455. The van der Waals surface area contributed by atoms with Gasteiger partial charge in [-0.25, -0.2) is 13.1 Å². The largest absolute Gasteiger partial charge is 0.397 e. The average Bonchev–Trinajstić information content (AvgIpc) is 2.41. The van der Waals surface area contributed by atoms with Crippen LogP contribution in [0.1, 0.15) is 0 Å². The van der Waals surface area contributed by atoms with E-state index in [-0.39, 0.29) is 10.6 Å². The van der Waals surface area contributed by atoms with E-state index in [1.54, 1.807) is 0 Å². The molecule has 19 heavy (non-hydrogen) atoms. The molecular formula is C11H15ClN2O2S3. The first-order chi connectivity index (χ1) is 8.99. The summed E-state index contributed by atoms with van der Waals surface area (Å²) >= 11 is 9.46. The molecule has 0 saturated carbocycles. The van der Waals surface area contributed by atoms with E-state index >= 15 is 0 Å². The first-order valence-corrected chi connectivity index (χ1v) is 9.79. The number of hydrogen-bond donors (Lipinski definition) is 2. The normalized spacial score (nSPS) is 20.4. The van der Waals surface area contributed by atoms with Crippen LogP contribution in [0.15, 0.2) is 23.1 Å². The van der Waals surface area contributed by atoms with Gasteiger partial charge in [0.25, 0.3) is 0 Å². The molecule has 1 unspecified atom stereocenters. The molecule has 106 valence electrons. The molecule has 3 N–H and O–H groups in total. The minimum Gasteiger partial charge on any atom is -0.397 e. The molecule has 1 heterocycles. The lowest BCUT2D eigenvalue weighted by molar-refractivity contribution is 0.581. The van der Waals surface area contributed by atoms with Crippen LogP contribution in [0, 0.1) is 0 Å². The van der Waals surface area contributed by atoms with E-state index in [9.17, 15) is 8.42 Å². The van der Waals surface area contributed by atoms with Crippen molar-refractivity contribution in [1.82, 2.24) is 4.72 Å². The Labute approximate surface area is 126 Å². The van der Waals surface area contributed by atoms with E-state index in [4.69, 9.17) is 17.3 Å². The Balaban J connectivity index is 2.02. The second kappa shape index (κ2) is 6.58. The summed E-state index contributed by atoms with van der Waals surface area (Å²) in [6, 6.07) is 4.34. The Morgan fingerprint density at radius 3 is 2.84 bits per heavy atom. The first-order valence-electron chi connectivity index (χ1n) is 5.73. The number of benzene rings is 1. The summed E-state index contributed by atoms with van der Waals surface area (Å²) in [5, 5.41) is 0.691. The van der Waals surface area contributed by atoms with E-state index in [0.29, 0.717) is 16.8 Å². The molecule has 1 fully saturated rings. The van der Waals surface area contributed by atoms with Crippen molar-refractivity contribution in [2.75, 3.05) is 29.5 Å². The van der Waals surface area contributed by atoms with Gasteiger partial charge in [-0.05, 0) is 18.2 Å². The molecule has 1 saturated heterocycles. The van der Waals surface area contributed by atoms with Crippen LogP contribution >= 0.6 is 35.1 Å². The third kappa shape index (κ3) is 4.19. The van der Waals surface area contributed by atoms with Gasteiger partial charge in [0.15, 0.2) is 0 Å². The maximum atomic E-state index is 12.1. The van der Waals surface area contributed by atoms with E-state index in [1.807, 2.05) is 23.5 Å². The van der Waals surface area contributed by atoms with Crippen LogP contribution in [0.3, 0.4) is 0 Å². The topological polar surface area (TPSA) is 72.2 Å². The molecule has 2 rings (SSSR count). The van der Waals surface area contributed by atoms with E-state index in [0.717, 1.165) is 17.3 Å². The number of anilines is 1. The molecule has 0 amide bonds. The van der Waals surface area contributed by atoms with Gasteiger partial charge in [0, 0.05) is 29.1 Å². The first kappa shape index (κ1) is 15.3. The lowest BCUT2D eigenvalue weighted by Crippen LogP contribution is -2.33. The highest BCUT2D eigenvalue weighted by Gasteiger charge is 2.19. The van der Waals surface area contributed by atoms with Gasteiger partial charge < -0.3 is 5.73 Å². The molecule has 1 aliphatic heterocycles. The van der Waals surface area contributed by atoms with Gasteiger partial charge in [0.1, 0.15) is 0 Å².